The molecular formula is C17H16N2O4S. The second kappa shape index (κ2) is 6.51. The van der Waals surface area contributed by atoms with Crippen LogP contribution >= 0.6 is 0 Å². The van der Waals surface area contributed by atoms with E-state index >= 15 is 0 Å². The minimum absolute atomic E-state index is 0.0987. The Kier molecular flexibility index (Phi) is 4.42. The van der Waals surface area contributed by atoms with E-state index in [1.54, 1.807) is 24.3 Å². The molecule has 0 atom stereocenters. The van der Waals surface area contributed by atoms with Crippen molar-refractivity contribution >= 4 is 10.0 Å². The minimum atomic E-state index is -3.68. The standard InChI is InChI=1S/C17H16N2O4S/c1-19(24(20,21)15-4-2-3-13(9-15)11-18)12-14-5-6-16-17(10-14)23-8-7-22-16/h2-6,9-10H,7-8,12H2,1H3. The second-order valence-corrected chi connectivity index (χ2v) is 7.42. The Morgan fingerprint density at radius 1 is 1.12 bits per heavy atom. The van der Waals surface area contributed by atoms with Crippen molar-refractivity contribution in [3.05, 3.63) is 53.6 Å². The summed E-state index contributed by atoms with van der Waals surface area (Å²) in [5.41, 5.74) is 1.10. The summed E-state index contributed by atoms with van der Waals surface area (Å²) in [5.74, 6) is 1.29. The number of hydrogen-bond acceptors (Lipinski definition) is 5. The highest BCUT2D eigenvalue weighted by molar-refractivity contribution is 7.89. The predicted octanol–water partition coefficient (Wildman–Crippen LogP) is 2.15. The smallest absolute Gasteiger partial charge is 0.243 e. The zero-order valence-corrected chi connectivity index (χ0v) is 13.9. The summed E-state index contributed by atoms with van der Waals surface area (Å²) in [6.07, 6.45) is 0. The third-order valence-electron chi connectivity index (χ3n) is 3.68. The molecule has 3 rings (SSSR count). The van der Waals surface area contributed by atoms with E-state index < -0.39 is 10.0 Å². The third kappa shape index (κ3) is 3.20. The van der Waals surface area contributed by atoms with Gasteiger partial charge in [0.05, 0.1) is 16.5 Å². The molecule has 0 fully saturated rings. The van der Waals surface area contributed by atoms with Crippen molar-refractivity contribution in [1.82, 2.24) is 4.31 Å². The van der Waals surface area contributed by atoms with Crippen molar-refractivity contribution in [1.29, 1.82) is 5.26 Å². The molecule has 1 heterocycles. The molecule has 24 heavy (non-hydrogen) atoms. The fourth-order valence-corrected chi connectivity index (χ4v) is 3.64. The van der Waals surface area contributed by atoms with Crippen LogP contribution in [0.4, 0.5) is 0 Å². The lowest BCUT2D eigenvalue weighted by Crippen LogP contribution is -2.26. The van der Waals surface area contributed by atoms with Crippen molar-refractivity contribution in [2.24, 2.45) is 0 Å². The van der Waals surface area contributed by atoms with Gasteiger partial charge in [-0.05, 0) is 35.9 Å². The summed E-state index contributed by atoms with van der Waals surface area (Å²) < 4.78 is 37.5. The van der Waals surface area contributed by atoms with Gasteiger partial charge in [0.2, 0.25) is 10.0 Å². The largest absolute Gasteiger partial charge is 0.486 e. The quantitative estimate of drug-likeness (QED) is 0.849. The fraction of sp³-hybridized carbons (Fsp3) is 0.235. The number of ether oxygens (including phenoxy) is 2. The van der Waals surface area contributed by atoms with Gasteiger partial charge in [0, 0.05) is 13.6 Å². The Balaban J connectivity index is 1.83. The van der Waals surface area contributed by atoms with Gasteiger partial charge in [-0.3, -0.25) is 0 Å². The Morgan fingerprint density at radius 2 is 1.88 bits per heavy atom. The zero-order chi connectivity index (χ0) is 17.2. The van der Waals surface area contributed by atoms with E-state index in [0.29, 0.717) is 30.3 Å². The van der Waals surface area contributed by atoms with Gasteiger partial charge in [0.1, 0.15) is 13.2 Å². The molecule has 6 nitrogen and oxygen atoms in total. The van der Waals surface area contributed by atoms with Crippen molar-refractivity contribution in [2.45, 2.75) is 11.4 Å². The summed E-state index contributed by atoms with van der Waals surface area (Å²) >= 11 is 0. The first-order valence-electron chi connectivity index (χ1n) is 7.36. The van der Waals surface area contributed by atoms with Gasteiger partial charge < -0.3 is 9.47 Å². The van der Waals surface area contributed by atoms with E-state index in [9.17, 15) is 8.42 Å². The highest BCUT2D eigenvalue weighted by Gasteiger charge is 2.22. The molecule has 2 aromatic rings. The number of nitrogens with zero attached hydrogens (tertiary/aromatic N) is 2. The summed E-state index contributed by atoms with van der Waals surface area (Å²) in [6, 6.07) is 13.3. The van der Waals surface area contributed by atoms with E-state index in [2.05, 4.69) is 0 Å². The summed E-state index contributed by atoms with van der Waals surface area (Å²) in [4.78, 5) is 0.0987. The number of rotatable bonds is 4. The van der Waals surface area contributed by atoms with Crippen LogP contribution in [0.3, 0.4) is 0 Å². The SMILES string of the molecule is CN(Cc1ccc2c(c1)OCCO2)S(=O)(=O)c1cccc(C#N)c1. The van der Waals surface area contributed by atoms with Gasteiger partial charge in [0.25, 0.3) is 0 Å². The Bertz CT molecular complexity index is 903. The third-order valence-corrected chi connectivity index (χ3v) is 5.48. The molecule has 1 aliphatic rings. The molecule has 7 heteroatoms. The molecule has 124 valence electrons. The summed E-state index contributed by atoms with van der Waals surface area (Å²) in [7, 11) is -2.18. The van der Waals surface area contributed by atoms with Gasteiger partial charge >= 0.3 is 0 Å². The van der Waals surface area contributed by atoms with Gasteiger partial charge in [-0.25, -0.2) is 8.42 Å². The molecule has 1 aliphatic heterocycles. The number of nitriles is 1. The van der Waals surface area contributed by atoms with Crippen LogP contribution in [-0.2, 0) is 16.6 Å². The average molecular weight is 344 g/mol. The van der Waals surface area contributed by atoms with Gasteiger partial charge in [-0.2, -0.15) is 9.57 Å². The maximum Gasteiger partial charge on any atom is 0.243 e. The van der Waals surface area contributed by atoms with E-state index in [-0.39, 0.29) is 11.4 Å². The van der Waals surface area contributed by atoms with Crippen LogP contribution in [0.15, 0.2) is 47.4 Å². The van der Waals surface area contributed by atoms with E-state index in [1.165, 1.54) is 23.5 Å². The summed E-state index contributed by atoms with van der Waals surface area (Å²) in [6.45, 7) is 1.18. The van der Waals surface area contributed by atoms with E-state index in [4.69, 9.17) is 14.7 Å². The van der Waals surface area contributed by atoms with Gasteiger partial charge in [0.15, 0.2) is 11.5 Å². The molecule has 0 amide bonds. The number of hydrogen-bond donors (Lipinski definition) is 0. The summed E-state index contributed by atoms with van der Waals surface area (Å²) in [5, 5.41) is 8.93. The van der Waals surface area contributed by atoms with Crippen LogP contribution in [0.2, 0.25) is 0 Å². The Hall–Kier alpha value is -2.56. The topological polar surface area (TPSA) is 79.6 Å². The molecule has 0 radical (unpaired) electrons. The molecule has 2 aromatic carbocycles. The first-order chi connectivity index (χ1) is 11.5. The fourth-order valence-electron chi connectivity index (χ4n) is 2.43. The van der Waals surface area contributed by atoms with Crippen LogP contribution in [0, 0.1) is 11.3 Å². The normalized spacial score (nSPS) is 13.5. The molecule has 0 spiro atoms. The first kappa shape index (κ1) is 16.3. The molecule has 0 bridgehead atoms. The van der Waals surface area contributed by atoms with Crippen LogP contribution in [0.1, 0.15) is 11.1 Å². The maximum atomic E-state index is 12.7. The lowest BCUT2D eigenvalue weighted by molar-refractivity contribution is 0.171. The maximum absolute atomic E-state index is 12.7. The second-order valence-electron chi connectivity index (χ2n) is 5.38. The van der Waals surface area contributed by atoms with Crippen LogP contribution < -0.4 is 9.47 Å². The van der Waals surface area contributed by atoms with E-state index in [1.807, 2.05) is 12.1 Å². The van der Waals surface area contributed by atoms with Crippen LogP contribution in [0.5, 0.6) is 11.5 Å². The Labute approximate surface area is 140 Å². The number of sulfonamides is 1. The monoisotopic (exact) mass is 344 g/mol. The highest BCUT2D eigenvalue weighted by Crippen LogP contribution is 2.31. The highest BCUT2D eigenvalue weighted by atomic mass is 32.2. The minimum Gasteiger partial charge on any atom is -0.486 e. The van der Waals surface area contributed by atoms with Crippen LogP contribution in [-0.4, -0.2) is 33.0 Å². The zero-order valence-electron chi connectivity index (χ0n) is 13.1. The molecule has 0 N–H and O–H groups in total. The lowest BCUT2D eigenvalue weighted by atomic mass is 10.2. The molecule has 0 saturated heterocycles. The Morgan fingerprint density at radius 3 is 2.62 bits per heavy atom. The van der Waals surface area contributed by atoms with Gasteiger partial charge in [-0.1, -0.05) is 12.1 Å². The van der Waals surface area contributed by atoms with Gasteiger partial charge in [-0.15, -0.1) is 0 Å². The average Bonchev–Trinajstić information content (AvgIpc) is 2.61. The van der Waals surface area contributed by atoms with Crippen LogP contribution in [0.25, 0.3) is 0 Å². The molecule has 0 unspecified atom stereocenters. The van der Waals surface area contributed by atoms with Crippen molar-refractivity contribution in [2.75, 3.05) is 20.3 Å². The lowest BCUT2D eigenvalue weighted by Gasteiger charge is -2.21. The first-order valence-corrected chi connectivity index (χ1v) is 8.80. The molecule has 0 aromatic heterocycles. The van der Waals surface area contributed by atoms with Crippen molar-refractivity contribution < 1.29 is 17.9 Å². The molecule has 0 aliphatic carbocycles. The molecule has 0 saturated carbocycles. The number of benzene rings is 2. The van der Waals surface area contributed by atoms with Crippen molar-refractivity contribution in [3.63, 3.8) is 0 Å². The van der Waals surface area contributed by atoms with E-state index in [0.717, 1.165) is 5.56 Å². The molecular weight excluding hydrogens is 328 g/mol. The number of fused-ring (bicyclic) bond motifs is 1. The predicted molar refractivity (Wildman–Crippen MR) is 87.2 cm³/mol. The van der Waals surface area contributed by atoms with Crippen molar-refractivity contribution in [3.8, 4) is 17.6 Å².